The third kappa shape index (κ3) is 2.46. The topological polar surface area (TPSA) is 25.8 Å². The van der Waals surface area contributed by atoms with Gasteiger partial charge in [-0.25, -0.2) is 8.78 Å². The van der Waals surface area contributed by atoms with E-state index in [0.29, 0.717) is 10.2 Å². The molecule has 0 aliphatic rings. The Hall–Kier alpha value is -1.72. The van der Waals surface area contributed by atoms with Crippen LogP contribution in [0.15, 0.2) is 52.4 Å². The van der Waals surface area contributed by atoms with Crippen molar-refractivity contribution in [2.75, 3.05) is 0 Å². The van der Waals surface area contributed by atoms with E-state index >= 15 is 0 Å². The maximum absolute atomic E-state index is 13.7. The average molecular weight is 309 g/mol. The highest BCUT2D eigenvalue weighted by Crippen LogP contribution is 2.34. The van der Waals surface area contributed by atoms with E-state index in [1.54, 1.807) is 0 Å². The molecule has 0 amide bonds. The Morgan fingerprint density at radius 2 is 1.70 bits per heavy atom. The number of hydrogen-bond acceptors (Lipinski definition) is 3. The van der Waals surface area contributed by atoms with E-state index in [4.69, 9.17) is 11.6 Å². The van der Waals surface area contributed by atoms with Gasteiger partial charge in [0, 0.05) is 21.7 Å². The van der Waals surface area contributed by atoms with Crippen LogP contribution in [-0.2, 0) is 0 Å². The van der Waals surface area contributed by atoms with Crippen LogP contribution in [0.1, 0.15) is 0 Å². The van der Waals surface area contributed by atoms with Gasteiger partial charge < -0.3 is 0 Å². The molecular formula is C14H7ClF2N2S. The summed E-state index contributed by atoms with van der Waals surface area (Å²) in [6.45, 7) is 0. The Morgan fingerprint density at radius 3 is 2.45 bits per heavy atom. The molecule has 2 aromatic carbocycles. The van der Waals surface area contributed by atoms with E-state index in [1.165, 1.54) is 12.1 Å². The molecule has 2 nitrogen and oxygen atoms in total. The Kier molecular flexibility index (Phi) is 3.54. The van der Waals surface area contributed by atoms with Crippen molar-refractivity contribution in [3.05, 3.63) is 59.3 Å². The number of aromatic nitrogens is 2. The molecule has 0 unspecified atom stereocenters. The molecule has 100 valence electrons. The first-order chi connectivity index (χ1) is 9.65. The van der Waals surface area contributed by atoms with Crippen LogP contribution in [0.2, 0.25) is 5.15 Å². The second-order valence-corrected chi connectivity index (χ2v) is 5.41. The van der Waals surface area contributed by atoms with Crippen LogP contribution in [0.5, 0.6) is 0 Å². The van der Waals surface area contributed by atoms with Crippen molar-refractivity contribution in [3.63, 3.8) is 0 Å². The predicted octanol–water partition coefficient (Wildman–Crippen LogP) is 4.71. The fourth-order valence-corrected chi connectivity index (χ4v) is 2.86. The first kappa shape index (κ1) is 13.3. The van der Waals surface area contributed by atoms with Gasteiger partial charge in [0.05, 0.1) is 0 Å². The van der Waals surface area contributed by atoms with Crippen LogP contribution in [-0.4, -0.2) is 10.2 Å². The largest absolute Gasteiger partial charge is 0.207 e. The maximum atomic E-state index is 13.7. The molecule has 1 aromatic heterocycles. The van der Waals surface area contributed by atoms with Crippen molar-refractivity contribution < 1.29 is 8.78 Å². The van der Waals surface area contributed by atoms with E-state index in [-0.39, 0.29) is 4.90 Å². The van der Waals surface area contributed by atoms with E-state index in [1.807, 2.05) is 24.3 Å². The molecule has 0 atom stereocenters. The second-order valence-electron chi connectivity index (χ2n) is 4.02. The summed E-state index contributed by atoms with van der Waals surface area (Å²) in [6, 6.07) is 10.7. The third-order valence-electron chi connectivity index (χ3n) is 2.71. The first-order valence-corrected chi connectivity index (χ1v) is 6.88. The Labute approximate surface area is 122 Å². The molecule has 1 heterocycles. The van der Waals surface area contributed by atoms with Gasteiger partial charge in [-0.2, -0.15) is 0 Å². The molecule has 3 rings (SSSR count). The molecule has 3 aromatic rings. The smallest absolute Gasteiger partial charge is 0.159 e. The molecular weight excluding hydrogens is 302 g/mol. The Morgan fingerprint density at radius 1 is 0.950 bits per heavy atom. The summed E-state index contributed by atoms with van der Waals surface area (Å²) in [5.74, 6) is -1.24. The van der Waals surface area contributed by atoms with Gasteiger partial charge in [-0.05, 0) is 12.1 Å². The molecule has 0 fully saturated rings. The average Bonchev–Trinajstić information content (AvgIpc) is 2.45. The molecule has 0 spiro atoms. The van der Waals surface area contributed by atoms with Gasteiger partial charge in [0.25, 0.3) is 0 Å². The van der Waals surface area contributed by atoms with Gasteiger partial charge >= 0.3 is 0 Å². The fourth-order valence-electron chi connectivity index (χ4n) is 1.78. The van der Waals surface area contributed by atoms with Crippen molar-refractivity contribution in [2.45, 2.75) is 9.92 Å². The zero-order chi connectivity index (χ0) is 14.1. The molecule has 0 saturated carbocycles. The molecule has 0 saturated heterocycles. The SMILES string of the molecule is Fc1ccc(Sc2nnc(Cl)c3ccccc23)c(F)c1. The zero-order valence-electron chi connectivity index (χ0n) is 9.98. The summed E-state index contributed by atoms with van der Waals surface area (Å²) in [5.41, 5.74) is 0. The minimum absolute atomic E-state index is 0.285. The van der Waals surface area contributed by atoms with Crippen LogP contribution in [0, 0.1) is 11.6 Å². The van der Waals surface area contributed by atoms with E-state index in [0.717, 1.165) is 28.6 Å². The summed E-state index contributed by atoms with van der Waals surface area (Å²) < 4.78 is 26.6. The summed E-state index contributed by atoms with van der Waals surface area (Å²) in [5, 5.41) is 10.2. The van der Waals surface area contributed by atoms with Gasteiger partial charge in [-0.1, -0.05) is 47.6 Å². The predicted molar refractivity (Wildman–Crippen MR) is 75.0 cm³/mol. The summed E-state index contributed by atoms with van der Waals surface area (Å²) >= 11 is 7.06. The van der Waals surface area contributed by atoms with Crippen molar-refractivity contribution in [3.8, 4) is 0 Å². The van der Waals surface area contributed by atoms with E-state index in [9.17, 15) is 8.78 Å². The number of fused-ring (bicyclic) bond motifs is 1. The number of hydrogen-bond donors (Lipinski definition) is 0. The third-order valence-corrected chi connectivity index (χ3v) is 4.03. The quantitative estimate of drug-likeness (QED) is 0.685. The van der Waals surface area contributed by atoms with E-state index in [2.05, 4.69) is 10.2 Å². The van der Waals surface area contributed by atoms with E-state index < -0.39 is 11.6 Å². The lowest BCUT2D eigenvalue weighted by Crippen LogP contribution is -1.91. The van der Waals surface area contributed by atoms with Crippen molar-refractivity contribution in [1.82, 2.24) is 10.2 Å². The standard InChI is InChI=1S/C14H7ClF2N2S/c15-13-9-3-1-2-4-10(9)14(19-18-13)20-12-6-5-8(16)7-11(12)17/h1-7H. The van der Waals surface area contributed by atoms with Crippen LogP contribution in [0.25, 0.3) is 10.8 Å². The number of halogens is 3. The van der Waals surface area contributed by atoms with Crippen molar-refractivity contribution in [1.29, 1.82) is 0 Å². The monoisotopic (exact) mass is 308 g/mol. The summed E-state index contributed by atoms with van der Waals surface area (Å²) in [6.07, 6.45) is 0. The van der Waals surface area contributed by atoms with Gasteiger partial charge in [-0.15, -0.1) is 10.2 Å². The molecule has 20 heavy (non-hydrogen) atoms. The molecule has 6 heteroatoms. The molecule has 0 N–H and O–H groups in total. The Bertz CT molecular complexity index is 795. The minimum atomic E-state index is -0.629. The van der Waals surface area contributed by atoms with Gasteiger partial charge in [0.1, 0.15) is 16.7 Å². The minimum Gasteiger partial charge on any atom is -0.207 e. The maximum Gasteiger partial charge on any atom is 0.159 e. The second kappa shape index (κ2) is 5.34. The van der Waals surface area contributed by atoms with Crippen LogP contribution in [0.4, 0.5) is 8.78 Å². The lowest BCUT2D eigenvalue weighted by molar-refractivity contribution is 0.565. The van der Waals surface area contributed by atoms with Crippen LogP contribution < -0.4 is 0 Å². The normalized spacial score (nSPS) is 10.9. The van der Waals surface area contributed by atoms with Crippen molar-refractivity contribution in [2.24, 2.45) is 0 Å². The summed E-state index contributed by atoms with van der Waals surface area (Å²) in [4.78, 5) is 0.285. The highest BCUT2D eigenvalue weighted by molar-refractivity contribution is 7.99. The van der Waals surface area contributed by atoms with Gasteiger partial charge in [0.2, 0.25) is 0 Å². The Balaban J connectivity index is 2.09. The molecule has 0 bridgehead atoms. The number of benzene rings is 2. The highest BCUT2D eigenvalue weighted by atomic mass is 35.5. The van der Waals surface area contributed by atoms with Gasteiger partial charge in [0.15, 0.2) is 5.15 Å². The zero-order valence-corrected chi connectivity index (χ0v) is 11.6. The highest BCUT2D eigenvalue weighted by Gasteiger charge is 2.12. The van der Waals surface area contributed by atoms with Gasteiger partial charge in [-0.3, -0.25) is 0 Å². The fraction of sp³-hybridized carbons (Fsp3) is 0. The summed E-state index contributed by atoms with van der Waals surface area (Å²) in [7, 11) is 0. The molecule has 0 radical (unpaired) electrons. The number of rotatable bonds is 2. The lowest BCUT2D eigenvalue weighted by atomic mass is 10.2. The van der Waals surface area contributed by atoms with Crippen LogP contribution >= 0.6 is 23.4 Å². The van der Waals surface area contributed by atoms with Crippen molar-refractivity contribution >= 4 is 34.1 Å². The lowest BCUT2D eigenvalue weighted by Gasteiger charge is -2.06. The first-order valence-electron chi connectivity index (χ1n) is 5.69. The molecule has 0 aliphatic heterocycles. The molecule has 0 aliphatic carbocycles. The van der Waals surface area contributed by atoms with Crippen LogP contribution in [0.3, 0.4) is 0 Å². The number of nitrogens with zero attached hydrogens (tertiary/aromatic N) is 2.